The average Bonchev–Trinajstić information content (AvgIpc) is 2.36. The number of ether oxygens (including phenoxy) is 1. The first-order chi connectivity index (χ1) is 9.65. The van der Waals surface area contributed by atoms with Crippen LogP contribution >= 0.6 is 15.9 Å². The molecule has 0 aromatic heterocycles. The molecule has 1 aromatic rings. The van der Waals surface area contributed by atoms with Crippen molar-refractivity contribution < 1.29 is 22.7 Å². The Morgan fingerprint density at radius 1 is 1.33 bits per heavy atom. The molecule has 0 aliphatic heterocycles. The number of nitrogens with zero attached hydrogens (tertiary/aromatic N) is 1. The second-order valence-corrected chi connectivity index (χ2v) is 4.57. The van der Waals surface area contributed by atoms with Gasteiger partial charge in [-0.05, 0) is 48.6 Å². The predicted molar refractivity (Wildman–Crippen MR) is 78.2 cm³/mol. The molecule has 0 aliphatic rings. The van der Waals surface area contributed by atoms with Gasteiger partial charge in [-0.1, -0.05) is 12.1 Å². The number of rotatable bonds is 4. The van der Waals surface area contributed by atoms with Gasteiger partial charge in [0.2, 0.25) is 0 Å². The van der Waals surface area contributed by atoms with Crippen LogP contribution in [0, 0.1) is 5.41 Å². The lowest BCUT2D eigenvalue weighted by molar-refractivity contribution is -0.275. The zero-order chi connectivity index (χ0) is 16.5. The van der Waals surface area contributed by atoms with Crippen molar-refractivity contribution in [2.45, 2.75) is 26.3 Å². The van der Waals surface area contributed by atoms with Crippen molar-refractivity contribution >= 4 is 27.4 Å². The maximum Gasteiger partial charge on any atom is 0.573 e. The van der Waals surface area contributed by atoms with Crippen LogP contribution in [0.4, 0.5) is 13.2 Å². The van der Waals surface area contributed by atoms with E-state index in [-0.39, 0.29) is 22.3 Å². The monoisotopic (exact) mass is 369 g/mol. The number of hydrogen-bond donors (Lipinski definition) is 2. The van der Waals surface area contributed by atoms with Crippen molar-refractivity contribution in [1.29, 1.82) is 5.41 Å². The van der Waals surface area contributed by atoms with Gasteiger partial charge in [0.25, 0.3) is 0 Å². The number of amidine groups is 1. The molecule has 0 atom stereocenters. The van der Waals surface area contributed by atoms with Gasteiger partial charge in [0, 0.05) is 6.04 Å². The molecular formula is C12H15BrF3N3O2. The molecule has 0 unspecified atom stereocenters. The maximum absolute atomic E-state index is 12.0. The Balaban J connectivity index is 0.000000690. The number of aliphatic imine (C=N–C) groups is 1. The lowest BCUT2D eigenvalue weighted by Gasteiger charge is -2.14. The molecular weight excluding hydrogens is 355 g/mol. The van der Waals surface area contributed by atoms with E-state index in [9.17, 15) is 13.2 Å². The van der Waals surface area contributed by atoms with Gasteiger partial charge in [-0.25, -0.2) is 4.99 Å². The van der Waals surface area contributed by atoms with Crippen LogP contribution in [0.15, 0.2) is 29.3 Å². The van der Waals surface area contributed by atoms with Gasteiger partial charge >= 0.3 is 6.36 Å². The third-order valence-corrected chi connectivity index (χ3v) is 1.87. The number of nitrogens with one attached hydrogen (secondary N) is 2. The molecule has 21 heavy (non-hydrogen) atoms. The first-order valence-electron chi connectivity index (χ1n) is 5.63. The molecule has 118 valence electrons. The zero-order valence-electron chi connectivity index (χ0n) is 11.4. The summed E-state index contributed by atoms with van der Waals surface area (Å²) >= 11 is 2.73. The smallest absolute Gasteiger partial charge is 0.405 e. The predicted octanol–water partition coefficient (Wildman–Crippen LogP) is 3.89. The standard InChI is InChI=1S/C10H12F3NO2.C2H3BrN2/c1-7(2)14-16-9-6-4-3-5-8(9)15-10(11,12)13;1-5-2(3)4/h3-7,14H,1-2H3;4H,1H2. The number of halogens is 4. The molecule has 0 spiro atoms. The third-order valence-electron chi connectivity index (χ3n) is 1.62. The van der Waals surface area contributed by atoms with Gasteiger partial charge in [-0.3, -0.25) is 5.41 Å². The molecule has 9 heteroatoms. The van der Waals surface area contributed by atoms with E-state index in [1.807, 2.05) is 0 Å². The van der Waals surface area contributed by atoms with Crippen LogP contribution in [-0.4, -0.2) is 23.9 Å². The first kappa shape index (κ1) is 19.4. The SMILES string of the molecule is C=NC(=N)Br.CC(C)NOc1ccccc1OC(F)(F)F. The molecule has 0 fully saturated rings. The van der Waals surface area contributed by atoms with Crippen LogP contribution in [0.3, 0.4) is 0 Å². The number of hydroxylamine groups is 1. The van der Waals surface area contributed by atoms with Gasteiger partial charge in [0.15, 0.2) is 16.2 Å². The summed E-state index contributed by atoms with van der Waals surface area (Å²) < 4.78 is 39.9. The van der Waals surface area contributed by atoms with Crippen molar-refractivity contribution in [3.8, 4) is 11.5 Å². The second kappa shape index (κ2) is 9.35. The van der Waals surface area contributed by atoms with E-state index in [1.165, 1.54) is 18.2 Å². The molecule has 5 nitrogen and oxygen atoms in total. The van der Waals surface area contributed by atoms with Crippen molar-refractivity contribution in [3.05, 3.63) is 24.3 Å². The summed E-state index contributed by atoms with van der Waals surface area (Å²) in [6.07, 6.45) is -4.72. The normalized spacial score (nSPS) is 10.4. The second-order valence-electron chi connectivity index (χ2n) is 3.82. The van der Waals surface area contributed by atoms with Crippen molar-refractivity contribution in [2.75, 3.05) is 0 Å². The van der Waals surface area contributed by atoms with Gasteiger partial charge in [-0.2, -0.15) is 5.48 Å². The van der Waals surface area contributed by atoms with Gasteiger partial charge in [0.05, 0.1) is 0 Å². The Hall–Kier alpha value is -1.61. The average molecular weight is 370 g/mol. The fourth-order valence-corrected chi connectivity index (χ4v) is 0.925. The highest BCUT2D eigenvalue weighted by Crippen LogP contribution is 2.31. The van der Waals surface area contributed by atoms with Crippen molar-refractivity contribution in [3.63, 3.8) is 0 Å². The van der Waals surface area contributed by atoms with Gasteiger partial charge in [-0.15, -0.1) is 13.2 Å². The van der Waals surface area contributed by atoms with Gasteiger partial charge < -0.3 is 9.57 Å². The number of hydrogen-bond acceptors (Lipinski definition) is 4. The Kier molecular flexibility index (Phi) is 8.63. The minimum atomic E-state index is -4.72. The number of benzene rings is 1. The van der Waals surface area contributed by atoms with E-state index in [0.29, 0.717) is 0 Å². The summed E-state index contributed by atoms with van der Waals surface area (Å²) in [6.45, 7) is 6.64. The fourth-order valence-electron chi connectivity index (χ4n) is 0.925. The highest BCUT2D eigenvalue weighted by molar-refractivity contribution is 9.18. The van der Waals surface area contributed by atoms with Crippen LogP contribution in [0.1, 0.15) is 13.8 Å². The summed E-state index contributed by atoms with van der Waals surface area (Å²) in [4.78, 5) is 8.11. The summed E-state index contributed by atoms with van der Waals surface area (Å²) in [5.74, 6) is -0.378. The Bertz CT molecular complexity index is 467. The maximum atomic E-state index is 12.0. The summed E-state index contributed by atoms with van der Waals surface area (Å²) in [5, 5.41) is 6.43. The summed E-state index contributed by atoms with van der Waals surface area (Å²) in [7, 11) is 0. The lowest BCUT2D eigenvalue weighted by atomic mass is 10.3. The molecule has 0 aliphatic carbocycles. The Morgan fingerprint density at radius 3 is 2.19 bits per heavy atom. The van der Waals surface area contributed by atoms with Crippen LogP contribution in [0.5, 0.6) is 11.5 Å². The Morgan fingerprint density at radius 2 is 1.81 bits per heavy atom. The van der Waals surface area contributed by atoms with Crippen LogP contribution in [-0.2, 0) is 0 Å². The minimum Gasteiger partial charge on any atom is -0.405 e. The highest BCUT2D eigenvalue weighted by Gasteiger charge is 2.32. The molecule has 1 rings (SSSR count). The molecule has 2 N–H and O–H groups in total. The molecule has 0 bridgehead atoms. The van der Waals surface area contributed by atoms with Crippen molar-refractivity contribution in [2.24, 2.45) is 4.99 Å². The number of para-hydroxylation sites is 2. The molecule has 0 saturated carbocycles. The van der Waals surface area contributed by atoms with Crippen LogP contribution < -0.4 is 15.1 Å². The van der Waals surface area contributed by atoms with E-state index in [4.69, 9.17) is 10.2 Å². The van der Waals surface area contributed by atoms with E-state index in [1.54, 1.807) is 19.9 Å². The highest BCUT2D eigenvalue weighted by atomic mass is 79.9. The molecule has 0 radical (unpaired) electrons. The fraction of sp³-hybridized carbons (Fsp3) is 0.333. The summed E-state index contributed by atoms with van der Waals surface area (Å²) in [5.41, 5.74) is 2.54. The van der Waals surface area contributed by atoms with E-state index >= 15 is 0 Å². The van der Waals surface area contributed by atoms with E-state index in [2.05, 4.69) is 37.9 Å². The van der Waals surface area contributed by atoms with E-state index < -0.39 is 6.36 Å². The quantitative estimate of drug-likeness (QED) is 0.366. The largest absolute Gasteiger partial charge is 0.573 e. The molecule has 0 amide bonds. The zero-order valence-corrected chi connectivity index (χ0v) is 13.0. The van der Waals surface area contributed by atoms with Gasteiger partial charge in [0.1, 0.15) is 0 Å². The van der Waals surface area contributed by atoms with Crippen LogP contribution in [0.2, 0.25) is 0 Å². The minimum absolute atomic E-state index is 0.00600. The topological polar surface area (TPSA) is 66.7 Å². The summed E-state index contributed by atoms with van der Waals surface area (Å²) in [6, 6.07) is 5.55. The molecule has 1 aromatic carbocycles. The lowest BCUT2D eigenvalue weighted by Crippen LogP contribution is -2.27. The first-order valence-corrected chi connectivity index (χ1v) is 6.43. The van der Waals surface area contributed by atoms with E-state index in [0.717, 1.165) is 0 Å². The molecule has 0 heterocycles. The van der Waals surface area contributed by atoms with Crippen molar-refractivity contribution in [1.82, 2.24) is 5.48 Å². The Labute approximate surface area is 128 Å². The molecule has 0 saturated heterocycles. The van der Waals surface area contributed by atoms with Crippen LogP contribution in [0.25, 0.3) is 0 Å². The number of alkyl halides is 3. The third kappa shape index (κ3) is 10.8.